The first-order valence-corrected chi connectivity index (χ1v) is 11.1. The molecule has 4 rings (SSSR count). The summed E-state index contributed by atoms with van der Waals surface area (Å²) in [4.78, 5) is 29.4. The lowest BCUT2D eigenvalue weighted by Crippen LogP contribution is -2.47. The van der Waals surface area contributed by atoms with Gasteiger partial charge in [0.1, 0.15) is 0 Å². The fraction of sp³-hybridized carbons (Fsp3) is 0.440. The summed E-state index contributed by atoms with van der Waals surface area (Å²) in [6.45, 7) is 5.87. The van der Waals surface area contributed by atoms with E-state index in [0.717, 1.165) is 31.6 Å². The van der Waals surface area contributed by atoms with E-state index in [1.54, 1.807) is 24.3 Å². The Morgan fingerprint density at radius 3 is 2.23 bits per heavy atom. The molecular weight excluding hydrogens is 392 g/mol. The Kier molecular flexibility index (Phi) is 6.68. The number of rotatable bonds is 8. The number of anilines is 1. The van der Waals surface area contributed by atoms with Gasteiger partial charge in [-0.2, -0.15) is 0 Å². The van der Waals surface area contributed by atoms with Crippen molar-refractivity contribution < 1.29 is 19.1 Å². The van der Waals surface area contributed by atoms with Crippen LogP contribution in [0.1, 0.15) is 53.8 Å². The van der Waals surface area contributed by atoms with Crippen LogP contribution in [0.4, 0.5) is 5.69 Å². The first kappa shape index (κ1) is 21.5. The minimum Gasteiger partial charge on any atom is -0.367 e. The number of hydrogen-bond donors (Lipinski definition) is 0. The largest absolute Gasteiger partial charge is 0.367 e. The van der Waals surface area contributed by atoms with Crippen LogP contribution in [0.3, 0.4) is 0 Å². The van der Waals surface area contributed by atoms with Crippen molar-refractivity contribution in [2.45, 2.75) is 51.5 Å². The normalized spacial score (nSPS) is 20.5. The average Bonchev–Trinajstić information content (AvgIpc) is 3.05. The van der Waals surface area contributed by atoms with Crippen molar-refractivity contribution in [2.75, 3.05) is 24.6 Å². The first-order chi connectivity index (χ1) is 15.0. The molecule has 1 fully saturated rings. The number of para-hydroxylation sites is 1. The summed E-state index contributed by atoms with van der Waals surface area (Å²) in [6.07, 6.45) is 2.91. The minimum atomic E-state index is -0.286. The number of fused-ring (bicyclic) bond motifs is 1. The highest BCUT2D eigenvalue weighted by Crippen LogP contribution is 2.26. The van der Waals surface area contributed by atoms with Crippen LogP contribution in [0.15, 0.2) is 54.6 Å². The van der Waals surface area contributed by atoms with Crippen molar-refractivity contribution in [2.24, 2.45) is 0 Å². The summed E-state index contributed by atoms with van der Waals surface area (Å²) < 4.78 is 11.9. The molecule has 1 saturated heterocycles. The van der Waals surface area contributed by atoms with Gasteiger partial charge in [-0.15, -0.1) is 0 Å². The summed E-state index contributed by atoms with van der Waals surface area (Å²) in [5, 5.41) is 0. The number of amides is 2. The van der Waals surface area contributed by atoms with Gasteiger partial charge in [0.15, 0.2) is 6.29 Å². The second kappa shape index (κ2) is 9.62. The van der Waals surface area contributed by atoms with Crippen molar-refractivity contribution in [3.63, 3.8) is 0 Å². The van der Waals surface area contributed by atoms with Crippen molar-refractivity contribution >= 4 is 17.5 Å². The zero-order valence-electron chi connectivity index (χ0n) is 18.2. The van der Waals surface area contributed by atoms with E-state index in [-0.39, 0.29) is 30.3 Å². The van der Waals surface area contributed by atoms with Crippen molar-refractivity contribution in [3.8, 4) is 0 Å². The average molecular weight is 423 g/mol. The number of benzene rings is 2. The zero-order chi connectivity index (χ0) is 21.8. The number of carbonyl (C=O) groups excluding carboxylic acids is 2. The Morgan fingerprint density at radius 1 is 0.968 bits per heavy atom. The predicted octanol–water partition coefficient (Wildman–Crippen LogP) is 4.11. The minimum absolute atomic E-state index is 0.0577. The maximum atomic E-state index is 12.9. The molecule has 2 aliphatic rings. The van der Waals surface area contributed by atoms with Gasteiger partial charge in [-0.1, -0.05) is 30.3 Å². The van der Waals surface area contributed by atoms with Gasteiger partial charge < -0.3 is 14.4 Å². The molecule has 0 radical (unpaired) electrons. The SMILES string of the molecule is CC(CN(CC(C)N1C(=O)c2ccccc2C1=O)c1ccccc1)OC1CCCCO1. The van der Waals surface area contributed by atoms with Crippen LogP contribution in [0, 0.1) is 0 Å². The van der Waals surface area contributed by atoms with Gasteiger partial charge in [-0.05, 0) is 57.4 Å². The highest BCUT2D eigenvalue weighted by Gasteiger charge is 2.38. The molecule has 2 aromatic carbocycles. The molecule has 0 bridgehead atoms. The van der Waals surface area contributed by atoms with E-state index in [0.29, 0.717) is 24.2 Å². The maximum absolute atomic E-state index is 12.9. The van der Waals surface area contributed by atoms with Gasteiger partial charge in [0, 0.05) is 25.4 Å². The molecule has 0 saturated carbocycles. The number of hydrogen-bond acceptors (Lipinski definition) is 5. The fourth-order valence-electron chi connectivity index (χ4n) is 4.36. The third-order valence-electron chi connectivity index (χ3n) is 5.87. The standard InChI is InChI=1S/C25H30N2O4/c1-18(27-24(28)21-12-6-7-13-22(21)25(27)29)16-26(20-10-4-3-5-11-20)17-19(2)31-23-14-8-9-15-30-23/h3-7,10-13,18-19,23H,8-9,14-17H2,1-2H3. The van der Waals surface area contributed by atoms with Crippen LogP contribution in [0.5, 0.6) is 0 Å². The van der Waals surface area contributed by atoms with E-state index in [1.165, 1.54) is 4.90 Å². The van der Waals surface area contributed by atoms with Gasteiger partial charge in [0.25, 0.3) is 11.8 Å². The number of carbonyl (C=O) groups is 2. The number of ether oxygens (including phenoxy) is 2. The summed E-state index contributed by atoms with van der Waals surface area (Å²) in [5.41, 5.74) is 2.00. The summed E-state index contributed by atoms with van der Waals surface area (Å²) in [6, 6.07) is 16.8. The van der Waals surface area contributed by atoms with Gasteiger partial charge in [0.2, 0.25) is 0 Å². The van der Waals surface area contributed by atoms with Crippen molar-refractivity contribution in [1.82, 2.24) is 4.90 Å². The molecular formula is C25H30N2O4. The Labute approximate surface area is 183 Å². The third-order valence-corrected chi connectivity index (χ3v) is 5.87. The van der Waals surface area contributed by atoms with Gasteiger partial charge in [-0.25, -0.2) is 0 Å². The molecule has 2 aliphatic heterocycles. The molecule has 0 aliphatic carbocycles. The highest BCUT2D eigenvalue weighted by molar-refractivity contribution is 6.21. The molecule has 0 spiro atoms. The molecule has 0 aromatic heterocycles. The second-order valence-electron chi connectivity index (χ2n) is 8.36. The Bertz CT molecular complexity index is 876. The van der Waals surface area contributed by atoms with Crippen molar-refractivity contribution in [1.29, 1.82) is 0 Å². The predicted molar refractivity (Wildman–Crippen MR) is 119 cm³/mol. The third kappa shape index (κ3) is 4.81. The first-order valence-electron chi connectivity index (χ1n) is 11.1. The Balaban J connectivity index is 1.47. The Hall–Kier alpha value is -2.70. The molecule has 3 unspecified atom stereocenters. The van der Waals surface area contributed by atoms with Crippen LogP contribution < -0.4 is 4.90 Å². The number of imide groups is 1. The molecule has 0 N–H and O–H groups in total. The van der Waals surface area contributed by atoms with E-state index >= 15 is 0 Å². The molecule has 6 nitrogen and oxygen atoms in total. The quantitative estimate of drug-likeness (QED) is 0.599. The van der Waals surface area contributed by atoms with Crippen LogP contribution in [-0.2, 0) is 9.47 Å². The molecule has 6 heteroatoms. The molecule has 3 atom stereocenters. The van der Waals surface area contributed by atoms with Gasteiger partial charge in [0.05, 0.1) is 23.3 Å². The lowest BCUT2D eigenvalue weighted by molar-refractivity contribution is -0.182. The van der Waals surface area contributed by atoms with Crippen LogP contribution in [0.2, 0.25) is 0 Å². The molecule has 164 valence electrons. The van der Waals surface area contributed by atoms with E-state index in [1.807, 2.05) is 44.2 Å². The topological polar surface area (TPSA) is 59.1 Å². The highest BCUT2D eigenvalue weighted by atomic mass is 16.7. The maximum Gasteiger partial charge on any atom is 0.261 e. The lowest BCUT2D eigenvalue weighted by atomic mass is 10.1. The van der Waals surface area contributed by atoms with Crippen molar-refractivity contribution in [3.05, 3.63) is 65.7 Å². The molecule has 2 heterocycles. The smallest absolute Gasteiger partial charge is 0.261 e. The molecule has 31 heavy (non-hydrogen) atoms. The van der Waals surface area contributed by atoms with Gasteiger partial charge >= 0.3 is 0 Å². The fourth-order valence-corrected chi connectivity index (χ4v) is 4.36. The zero-order valence-corrected chi connectivity index (χ0v) is 18.2. The molecule has 2 aromatic rings. The van der Waals surface area contributed by atoms with Crippen LogP contribution >= 0.6 is 0 Å². The lowest BCUT2D eigenvalue weighted by Gasteiger charge is -2.34. The number of nitrogens with zero attached hydrogens (tertiary/aromatic N) is 2. The molecule has 2 amide bonds. The monoisotopic (exact) mass is 422 g/mol. The van der Waals surface area contributed by atoms with Crippen LogP contribution in [0.25, 0.3) is 0 Å². The summed E-state index contributed by atoms with van der Waals surface area (Å²) >= 11 is 0. The van der Waals surface area contributed by atoms with Crippen LogP contribution in [-0.4, -0.2) is 54.8 Å². The Morgan fingerprint density at radius 2 is 1.61 bits per heavy atom. The summed E-state index contributed by atoms with van der Waals surface area (Å²) in [5.74, 6) is -0.443. The second-order valence-corrected chi connectivity index (χ2v) is 8.36. The van der Waals surface area contributed by atoms with E-state index in [2.05, 4.69) is 4.90 Å². The summed E-state index contributed by atoms with van der Waals surface area (Å²) in [7, 11) is 0. The van der Waals surface area contributed by atoms with Gasteiger partial charge in [-0.3, -0.25) is 14.5 Å². The van der Waals surface area contributed by atoms with E-state index in [9.17, 15) is 9.59 Å². The van der Waals surface area contributed by atoms with E-state index < -0.39 is 0 Å². The van der Waals surface area contributed by atoms with E-state index in [4.69, 9.17) is 9.47 Å².